The van der Waals surface area contributed by atoms with Crippen LogP contribution in [0.3, 0.4) is 0 Å². The Hall–Kier alpha value is -1.90. The van der Waals surface area contributed by atoms with E-state index < -0.39 is 0 Å². The first-order valence-corrected chi connectivity index (χ1v) is 5.15. The molecule has 0 aliphatic heterocycles. The fourth-order valence-corrected chi connectivity index (χ4v) is 1.50. The molecule has 1 N–H and O–H groups in total. The maximum Gasteiger partial charge on any atom is 0.128 e. The third-order valence-electron chi connectivity index (χ3n) is 2.50. The summed E-state index contributed by atoms with van der Waals surface area (Å²) in [4.78, 5) is 3.94. The second-order valence-electron chi connectivity index (χ2n) is 3.62. The molecule has 2 aromatic rings. The molecule has 0 unspecified atom stereocenters. The highest BCUT2D eigenvalue weighted by Gasteiger charge is 2.02. The van der Waals surface area contributed by atoms with Crippen molar-refractivity contribution >= 4 is 5.69 Å². The lowest BCUT2D eigenvalue weighted by molar-refractivity contribution is 0.619. The average molecular weight is 216 g/mol. The van der Waals surface area contributed by atoms with Crippen molar-refractivity contribution in [3.8, 4) is 0 Å². The van der Waals surface area contributed by atoms with Crippen LogP contribution >= 0.6 is 0 Å². The van der Waals surface area contributed by atoms with E-state index in [4.69, 9.17) is 0 Å². The van der Waals surface area contributed by atoms with Crippen molar-refractivity contribution in [2.75, 3.05) is 5.32 Å². The van der Waals surface area contributed by atoms with Crippen LogP contribution in [-0.4, -0.2) is 4.98 Å². The quantitative estimate of drug-likeness (QED) is 0.852. The molecule has 2 nitrogen and oxygen atoms in total. The molecule has 1 aromatic heterocycles. The summed E-state index contributed by atoms with van der Waals surface area (Å²) in [6, 6.07) is 8.91. The first-order valence-electron chi connectivity index (χ1n) is 5.15. The molecule has 0 radical (unpaired) electrons. The molecule has 0 bridgehead atoms. The van der Waals surface area contributed by atoms with E-state index in [9.17, 15) is 4.39 Å². The van der Waals surface area contributed by atoms with Crippen molar-refractivity contribution in [1.82, 2.24) is 4.98 Å². The van der Waals surface area contributed by atoms with Crippen LogP contribution in [0.15, 0.2) is 42.7 Å². The first kappa shape index (κ1) is 10.6. The first-order chi connectivity index (χ1) is 7.77. The Morgan fingerprint density at radius 1 is 1.19 bits per heavy atom. The van der Waals surface area contributed by atoms with Gasteiger partial charge >= 0.3 is 0 Å². The van der Waals surface area contributed by atoms with Crippen molar-refractivity contribution in [1.29, 1.82) is 0 Å². The Bertz CT molecular complexity index is 469. The van der Waals surface area contributed by atoms with Crippen LogP contribution in [0.1, 0.15) is 11.1 Å². The molecule has 0 aliphatic rings. The zero-order chi connectivity index (χ0) is 11.4. The van der Waals surface area contributed by atoms with Crippen LogP contribution in [-0.2, 0) is 6.54 Å². The lowest BCUT2D eigenvalue weighted by Gasteiger charge is -2.09. The van der Waals surface area contributed by atoms with Gasteiger partial charge in [0.25, 0.3) is 0 Å². The van der Waals surface area contributed by atoms with E-state index in [1.165, 1.54) is 6.07 Å². The Kier molecular flexibility index (Phi) is 3.15. The molecular formula is C13H13FN2. The van der Waals surface area contributed by atoms with Crippen LogP contribution in [0.4, 0.5) is 10.1 Å². The number of pyridine rings is 1. The van der Waals surface area contributed by atoms with Crippen LogP contribution in [0.25, 0.3) is 0 Å². The summed E-state index contributed by atoms with van der Waals surface area (Å²) in [5.74, 6) is -0.181. The largest absolute Gasteiger partial charge is 0.381 e. The zero-order valence-electron chi connectivity index (χ0n) is 9.07. The average Bonchev–Trinajstić information content (AvgIpc) is 2.32. The fraction of sp³-hybridized carbons (Fsp3) is 0.154. The second kappa shape index (κ2) is 4.75. The van der Waals surface area contributed by atoms with E-state index in [2.05, 4.69) is 10.3 Å². The number of rotatable bonds is 3. The zero-order valence-corrected chi connectivity index (χ0v) is 9.07. The minimum atomic E-state index is -0.181. The predicted octanol–water partition coefficient (Wildman–Crippen LogP) is 3.14. The van der Waals surface area contributed by atoms with E-state index in [1.54, 1.807) is 25.4 Å². The monoisotopic (exact) mass is 216 g/mol. The summed E-state index contributed by atoms with van der Waals surface area (Å²) >= 11 is 0. The molecule has 1 aromatic carbocycles. The second-order valence-corrected chi connectivity index (χ2v) is 3.62. The summed E-state index contributed by atoms with van der Waals surface area (Å²) in [5.41, 5.74) is 2.60. The molecule has 16 heavy (non-hydrogen) atoms. The van der Waals surface area contributed by atoms with Crippen molar-refractivity contribution in [2.45, 2.75) is 13.5 Å². The molecule has 0 saturated carbocycles. The molecule has 0 aliphatic carbocycles. The molecule has 0 saturated heterocycles. The minimum Gasteiger partial charge on any atom is -0.381 e. The molecule has 2 rings (SSSR count). The highest BCUT2D eigenvalue weighted by atomic mass is 19.1. The Morgan fingerprint density at radius 2 is 1.94 bits per heavy atom. The van der Waals surface area contributed by atoms with Gasteiger partial charge in [0.05, 0.1) is 0 Å². The van der Waals surface area contributed by atoms with Gasteiger partial charge in [-0.3, -0.25) is 4.98 Å². The predicted molar refractivity (Wildman–Crippen MR) is 62.7 cm³/mol. The Morgan fingerprint density at radius 3 is 2.69 bits per heavy atom. The summed E-state index contributed by atoms with van der Waals surface area (Å²) in [5, 5.41) is 3.20. The number of anilines is 1. The van der Waals surface area contributed by atoms with Gasteiger partial charge in [0.1, 0.15) is 5.82 Å². The number of hydrogen-bond donors (Lipinski definition) is 1. The van der Waals surface area contributed by atoms with Gasteiger partial charge in [0.15, 0.2) is 0 Å². The maximum atomic E-state index is 13.3. The topological polar surface area (TPSA) is 24.9 Å². The highest BCUT2D eigenvalue weighted by molar-refractivity contribution is 5.51. The van der Waals surface area contributed by atoms with Gasteiger partial charge < -0.3 is 5.32 Å². The van der Waals surface area contributed by atoms with Gasteiger partial charge in [0.2, 0.25) is 0 Å². The number of halogens is 1. The standard InChI is InChI=1S/C13H13FN2/c1-10-12(14)3-2-4-13(10)16-9-11-5-7-15-8-6-11/h2-8,16H,9H2,1H3. The van der Waals surface area contributed by atoms with Gasteiger partial charge in [0, 0.05) is 30.2 Å². The number of benzene rings is 1. The van der Waals surface area contributed by atoms with E-state index in [0.29, 0.717) is 12.1 Å². The summed E-state index contributed by atoms with van der Waals surface area (Å²) < 4.78 is 13.3. The molecule has 1 heterocycles. The van der Waals surface area contributed by atoms with Crippen LogP contribution in [0.5, 0.6) is 0 Å². The molecule has 82 valence electrons. The number of hydrogen-bond acceptors (Lipinski definition) is 2. The third kappa shape index (κ3) is 2.37. The van der Waals surface area contributed by atoms with Gasteiger partial charge in [-0.1, -0.05) is 6.07 Å². The molecular weight excluding hydrogens is 203 g/mol. The molecule has 0 amide bonds. The summed E-state index contributed by atoms with van der Waals surface area (Å²) in [6.45, 7) is 2.44. The molecule has 0 fully saturated rings. The normalized spacial score (nSPS) is 10.1. The SMILES string of the molecule is Cc1c(F)cccc1NCc1ccncc1. The highest BCUT2D eigenvalue weighted by Crippen LogP contribution is 2.17. The van der Waals surface area contributed by atoms with Gasteiger partial charge in [-0.2, -0.15) is 0 Å². The summed E-state index contributed by atoms with van der Waals surface area (Å²) in [7, 11) is 0. The van der Waals surface area contributed by atoms with Crippen LogP contribution in [0, 0.1) is 12.7 Å². The van der Waals surface area contributed by atoms with Crippen LogP contribution in [0.2, 0.25) is 0 Å². The lowest BCUT2D eigenvalue weighted by Crippen LogP contribution is -2.01. The number of nitrogens with one attached hydrogen (secondary N) is 1. The van der Waals surface area contributed by atoms with Gasteiger partial charge in [-0.05, 0) is 36.8 Å². The minimum absolute atomic E-state index is 0.181. The third-order valence-corrected chi connectivity index (χ3v) is 2.50. The van der Waals surface area contributed by atoms with Crippen molar-refractivity contribution in [3.05, 3.63) is 59.7 Å². The van der Waals surface area contributed by atoms with E-state index in [-0.39, 0.29) is 5.82 Å². The van der Waals surface area contributed by atoms with Crippen LogP contribution < -0.4 is 5.32 Å². The van der Waals surface area contributed by atoms with E-state index in [0.717, 1.165) is 11.3 Å². The maximum absolute atomic E-state index is 13.3. The van der Waals surface area contributed by atoms with E-state index >= 15 is 0 Å². The summed E-state index contributed by atoms with van der Waals surface area (Å²) in [6.07, 6.45) is 3.49. The Labute approximate surface area is 94.2 Å². The lowest BCUT2D eigenvalue weighted by atomic mass is 10.2. The fourth-order valence-electron chi connectivity index (χ4n) is 1.50. The van der Waals surface area contributed by atoms with Crippen molar-refractivity contribution < 1.29 is 4.39 Å². The number of aromatic nitrogens is 1. The molecule has 3 heteroatoms. The molecule has 0 spiro atoms. The van der Waals surface area contributed by atoms with Gasteiger partial charge in [-0.15, -0.1) is 0 Å². The van der Waals surface area contributed by atoms with Gasteiger partial charge in [-0.25, -0.2) is 4.39 Å². The molecule has 0 atom stereocenters. The van der Waals surface area contributed by atoms with E-state index in [1.807, 2.05) is 18.2 Å². The number of nitrogens with zero attached hydrogens (tertiary/aromatic N) is 1. The van der Waals surface area contributed by atoms with Crippen molar-refractivity contribution in [2.24, 2.45) is 0 Å². The smallest absolute Gasteiger partial charge is 0.128 e. The Balaban J connectivity index is 2.08. The van der Waals surface area contributed by atoms with Crippen molar-refractivity contribution in [3.63, 3.8) is 0 Å².